The Labute approximate surface area is 178 Å². The summed E-state index contributed by atoms with van der Waals surface area (Å²) in [6.45, 7) is 4.43. The van der Waals surface area contributed by atoms with Crippen molar-refractivity contribution >= 4 is 39.2 Å². The number of rotatable bonds is 6. The van der Waals surface area contributed by atoms with Crippen LogP contribution in [0.3, 0.4) is 0 Å². The molecule has 1 amide bonds. The number of likely N-dealkylation sites (N-methyl/N-ethyl adjacent to an activating group) is 1. The molecular formula is C21H23FN8O. The number of nitrogens with one attached hydrogen (secondary N) is 3. The Balaban J connectivity index is 1.68. The van der Waals surface area contributed by atoms with E-state index in [0.717, 1.165) is 0 Å². The van der Waals surface area contributed by atoms with Gasteiger partial charge in [0.15, 0.2) is 5.82 Å². The van der Waals surface area contributed by atoms with Crippen LogP contribution >= 0.6 is 0 Å². The standard InChI is InChI=1S/C21H23FN8O/c1-11(23-3)7-25-20-15-8-24-12(2)27-19(15)16(9-26-20)21(31)28-14-5-13-10-30(4)29-18(13)17(22)6-14/h5-6,8-11,23H,7H2,1-4H3,(H,25,26)(H,28,31)/t11-/m0/s1. The van der Waals surface area contributed by atoms with Crippen molar-refractivity contribution < 1.29 is 9.18 Å². The topological polar surface area (TPSA) is 110 Å². The van der Waals surface area contributed by atoms with Gasteiger partial charge < -0.3 is 16.0 Å². The summed E-state index contributed by atoms with van der Waals surface area (Å²) in [7, 11) is 3.59. The number of hydrogen-bond donors (Lipinski definition) is 3. The average molecular weight is 422 g/mol. The molecule has 160 valence electrons. The van der Waals surface area contributed by atoms with Crippen molar-refractivity contribution in [3.63, 3.8) is 0 Å². The first-order valence-electron chi connectivity index (χ1n) is 9.83. The van der Waals surface area contributed by atoms with Crippen molar-refractivity contribution in [1.29, 1.82) is 0 Å². The van der Waals surface area contributed by atoms with E-state index in [2.05, 4.69) is 36.0 Å². The molecule has 1 aromatic carbocycles. The fourth-order valence-electron chi connectivity index (χ4n) is 3.25. The van der Waals surface area contributed by atoms with Crippen molar-refractivity contribution in [2.75, 3.05) is 24.2 Å². The molecule has 10 heteroatoms. The Morgan fingerprint density at radius 3 is 2.81 bits per heavy atom. The molecule has 4 rings (SSSR count). The average Bonchev–Trinajstić information content (AvgIpc) is 3.12. The maximum Gasteiger partial charge on any atom is 0.259 e. The fourth-order valence-corrected chi connectivity index (χ4v) is 3.25. The zero-order valence-corrected chi connectivity index (χ0v) is 17.7. The number of benzene rings is 1. The minimum Gasteiger partial charge on any atom is -0.368 e. The summed E-state index contributed by atoms with van der Waals surface area (Å²) in [4.78, 5) is 26.2. The lowest BCUT2D eigenvalue weighted by molar-refractivity contribution is 0.102. The largest absolute Gasteiger partial charge is 0.368 e. The van der Waals surface area contributed by atoms with Gasteiger partial charge in [-0.1, -0.05) is 0 Å². The number of halogens is 1. The molecule has 0 aliphatic rings. The molecule has 0 fully saturated rings. The normalized spacial score (nSPS) is 12.3. The number of amides is 1. The Kier molecular flexibility index (Phi) is 5.47. The van der Waals surface area contributed by atoms with Gasteiger partial charge in [0.25, 0.3) is 5.91 Å². The molecule has 31 heavy (non-hydrogen) atoms. The van der Waals surface area contributed by atoms with Crippen molar-refractivity contribution in [3.8, 4) is 0 Å². The van der Waals surface area contributed by atoms with Crippen LogP contribution in [0.1, 0.15) is 23.1 Å². The molecule has 0 saturated heterocycles. The highest BCUT2D eigenvalue weighted by Crippen LogP contribution is 2.25. The summed E-state index contributed by atoms with van der Waals surface area (Å²) in [5, 5.41) is 14.5. The number of carbonyl (C=O) groups is 1. The molecule has 3 N–H and O–H groups in total. The van der Waals surface area contributed by atoms with E-state index < -0.39 is 11.7 Å². The number of pyridine rings is 1. The van der Waals surface area contributed by atoms with Gasteiger partial charge in [-0.25, -0.2) is 19.3 Å². The van der Waals surface area contributed by atoms with E-state index in [4.69, 9.17) is 0 Å². The van der Waals surface area contributed by atoms with Crippen molar-refractivity contribution in [2.45, 2.75) is 19.9 Å². The quantitative estimate of drug-likeness (QED) is 0.438. The molecule has 0 unspecified atom stereocenters. The molecule has 9 nitrogen and oxygen atoms in total. The van der Waals surface area contributed by atoms with E-state index in [0.29, 0.717) is 40.2 Å². The van der Waals surface area contributed by atoms with Crippen molar-refractivity contribution in [3.05, 3.63) is 47.9 Å². The first-order valence-corrected chi connectivity index (χ1v) is 9.83. The summed E-state index contributed by atoms with van der Waals surface area (Å²) in [6, 6.07) is 3.15. The highest BCUT2D eigenvalue weighted by molar-refractivity contribution is 6.13. The number of nitrogens with zero attached hydrogens (tertiary/aromatic N) is 5. The van der Waals surface area contributed by atoms with E-state index >= 15 is 0 Å². The van der Waals surface area contributed by atoms with Crippen molar-refractivity contribution in [2.24, 2.45) is 7.05 Å². The Morgan fingerprint density at radius 2 is 2.03 bits per heavy atom. The molecule has 0 radical (unpaired) electrons. The maximum atomic E-state index is 14.4. The zero-order chi connectivity index (χ0) is 22.1. The molecule has 0 bridgehead atoms. The van der Waals surface area contributed by atoms with Crippen LogP contribution in [-0.2, 0) is 7.05 Å². The molecule has 0 aliphatic carbocycles. The lowest BCUT2D eigenvalue weighted by atomic mass is 10.1. The van der Waals surface area contributed by atoms with Crippen molar-refractivity contribution in [1.82, 2.24) is 30.0 Å². The Hall–Kier alpha value is -3.66. The number of anilines is 2. The van der Waals surface area contributed by atoms with Crippen LogP contribution in [-0.4, -0.2) is 50.3 Å². The molecular weight excluding hydrogens is 399 g/mol. The van der Waals surface area contributed by atoms with Gasteiger partial charge >= 0.3 is 0 Å². The van der Waals surface area contributed by atoms with Crippen LogP contribution in [0, 0.1) is 12.7 Å². The summed E-state index contributed by atoms with van der Waals surface area (Å²) < 4.78 is 15.9. The molecule has 0 aliphatic heterocycles. The van der Waals surface area contributed by atoms with Crippen LogP contribution in [0.25, 0.3) is 21.8 Å². The van der Waals surface area contributed by atoms with Gasteiger partial charge in [-0.05, 0) is 33.0 Å². The second kappa shape index (κ2) is 8.23. The molecule has 3 heterocycles. The highest BCUT2D eigenvalue weighted by Gasteiger charge is 2.17. The fraction of sp³-hybridized carbons (Fsp3) is 0.286. The molecule has 3 aromatic heterocycles. The summed E-state index contributed by atoms with van der Waals surface area (Å²) >= 11 is 0. The van der Waals surface area contributed by atoms with Gasteiger partial charge in [-0.15, -0.1) is 0 Å². The Morgan fingerprint density at radius 1 is 1.23 bits per heavy atom. The van der Waals surface area contributed by atoms with Crippen LogP contribution < -0.4 is 16.0 Å². The van der Waals surface area contributed by atoms with Gasteiger partial charge in [0.1, 0.15) is 17.2 Å². The smallest absolute Gasteiger partial charge is 0.259 e. The SMILES string of the molecule is CN[C@@H](C)CNc1ncc(C(=O)Nc2cc(F)c3nn(C)cc3c2)c2nc(C)ncc12. The summed E-state index contributed by atoms with van der Waals surface area (Å²) in [5.74, 6) is 0.183. The first kappa shape index (κ1) is 20.6. The van der Waals surface area contributed by atoms with E-state index in [1.165, 1.54) is 16.9 Å². The second-order valence-corrected chi connectivity index (χ2v) is 7.42. The third-order valence-electron chi connectivity index (χ3n) is 4.99. The number of carbonyl (C=O) groups excluding carboxylic acids is 1. The zero-order valence-electron chi connectivity index (χ0n) is 17.7. The van der Waals surface area contributed by atoms with Crippen LogP contribution in [0.4, 0.5) is 15.9 Å². The lowest BCUT2D eigenvalue weighted by Gasteiger charge is -2.15. The van der Waals surface area contributed by atoms with Gasteiger partial charge in [0.2, 0.25) is 0 Å². The van der Waals surface area contributed by atoms with Crippen LogP contribution in [0.2, 0.25) is 0 Å². The second-order valence-electron chi connectivity index (χ2n) is 7.42. The predicted molar refractivity (Wildman–Crippen MR) is 118 cm³/mol. The monoisotopic (exact) mass is 422 g/mol. The third-order valence-corrected chi connectivity index (χ3v) is 4.99. The number of aryl methyl sites for hydroxylation is 2. The lowest BCUT2D eigenvalue weighted by Crippen LogP contribution is -2.29. The first-order chi connectivity index (χ1) is 14.9. The predicted octanol–water partition coefficient (Wildman–Crippen LogP) is 2.63. The van der Waals surface area contributed by atoms with Crippen LogP contribution in [0.15, 0.2) is 30.7 Å². The minimum absolute atomic E-state index is 0.225. The van der Waals surface area contributed by atoms with Gasteiger partial charge in [-0.3, -0.25) is 9.48 Å². The van der Waals surface area contributed by atoms with E-state index in [1.807, 2.05) is 14.0 Å². The van der Waals surface area contributed by atoms with Gasteiger partial charge in [0.05, 0.1) is 16.5 Å². The number of aromatic nitrogens is 5. The molecule has 4 aromatic rings. The van der Waals surface area contributed by atoms with Gasteiger partial charge in [-0.2, -0.15) is 5.10 Å². The summed E-state index contributed by atoms with van der Waals surface area (Å²) in [6.07, 6.45) is 4.80. The van der Waals surface area contributed by atoms with E-state index in [9.17, 15) is 9.18 Å². The summed E-state index contributed by atoms with van der Waals surface area (Å²) in [5.41, 5.74) is 1.33. The highest BCUT2D eigenvalue weighted by atomic mass is 19.1. The van der Waals surface area contributed by atoms with E-state index in [-0.39, 0.29) is 17.1 Å². The van der Waals surface area contributed by atoms with E-state index in [1.54, 1.807) is 32.4 Å². The molecule has 1 atom stereocenters. The Bertz CT molecular complexity index is 1290. The third kappa shape index (κ3) is 4.15. The van der Waals surface area contributed by atoms with Gasteiger partial charge in [0, 0.05) is 49.3 Å². The maximum absolute atomic E-state index is 14.4. The molecule has 0 saturated carbocycles. The molecule has 0 spiro atoms. The number of fused-ring (bicyclic) bond motifs is 2. The minimum atomic E-state index is -0.507. The van der Waals surface area contributed by atoms with Crippen LogP contribution in [0.5, 0.6) is 0 Å². The number of hydrogen-bond acceptors (Lipinski definition) is 7.